The monoisotopic (exact) mass is 298 g/mol. The third-order valence-corrected chi connectivity index (χ3v) is 3.97. The maximum absolute atomic E-state index is 4.70. The van der Waals surface area contributed by atoms with Crippen LogP contribution in [0.4, 0.5) is 11.6 Å². The highest BCUT2D eigenvalue weighted by molar-refractivity contribution is 5.44. The van der Waals surface area contributed by atoms with E-state index >= 15 is 0 Å². The Bertz CT molecular complexity index is 615. The number of piperazine rings is 1. The van der Waals surface area contributed by atoms with Crippen LogP contribution in [-0.4, -0.2) is 45.6 Å². The molecule has 0 radical (unpaired) electrons. The molecule has 0 spiro atoms. The largest absolute Gasteiger partial charge is 0.353 e. The average Bonchev–Trinajstić information content (AvgIpc) is 2.55. The predicted octanol–water partition coefficient (Wildman–Crippen LogP) is 2.11. The van der Waals surface area contributed by atoms with Crippen molar-refractivity contribution >= 4 is 11.6 Å². The average molecular weight is 298 g/mol. The van der Waals surface area contributed by atoms with Crippen LogP contribution in [0.25, 0.3) is 0 Å². The van der Waals surface area contributed by atoms with Crippen LogP contribution in [0.2, 0.25) is 0 Å². The smallest absolute Gasteiger partial charge is 0.147 e. The first-order valence-electron chi connectivity index (χ1n) is 7.75. The van der Waals surface area contributed by atoms with E-state index in [2.05, 4.69) is 45.5 Å². The Morgan fingerprint density at radius 2 is 1.95 bits per heavy atom. The van der Waals surface area contributed by atoms with Crippen molar-refractivity contribution < 1.29 is 0 Å². The standard InChI is InChI=1S/C16H22N6/c1-12(2)16-19-5-4-14(20-16)21-8-9-22(13(3)11-21)15-10-17-6-7-18-15/h4-7,10,12-13H,8-9,11H2,1-3H3. The number of rotatable bonds is 3. The Hall–Kier alpha value is -2.24. The van der Waals surface area contributed by atoms with Crippen LogP contribution in [0.15, 0.2) is 30.9 Å². The lowest BCUT2D eigenvalue weighted by Gasteiger charge is -2.41. The third-order valence-electron chi connectivity index (χ3n) is 3.97. The second-order valence-corrected chi connectivity index (χ2v) is 5.98. The number of hydrogen-bond donors (Lipinski definition) is 0. The second-order valence-electron chi connectivity index (χ2n) is 5.98. The summed E-state index contributed by atoms with van der Waals surface area (Å²) in [6, 6.07) is 2.36. The third kappa shape index (κ3) is 3.00. The Morgan fingerprint density at radius 3 is 2.64 bits per heavy atom. The molecule has 116 valence electrons. The topological polar surface area (TPSA) is 58.0 Å². The van der Waals surface area contributed by atoms with Gasteiger partial charge in [0.25, 0.3) is 0 Å². The van der Waals surface area contributed by atoms with E-state index in [1.54, 1.807) is 12.4 Å². The van der Waals surface area contributed by atoms with Crippen molar-refractivity contribution in [1.29, 1.82) is 0 Å². The van der Waals surface area contributed by atoms with Gasteiger partial charge in [0.05, 0.1) is 6.20 Å². The van der Waals surface area contributed by atoms with Crippen molar-refractivity contribution in [3.8, 4) is 0 Å². The fourth-order valence-electron chi connectivity index (χ4n) is 2.76. The van der Waals surface area contributed by atoms with Gasteiger partial charge in [-0.25, -0.2) is 15.0 Å². The first-order chi connectivity index (χ1) is 10.6. The minimum atomic E-state index is 0.346. The molecule has 22 heavy (non-hydrogen) atoms. The van der Waals surface area contributed by atoms with Crippen LogP contribution in [-0.2, 0) is 0 Å². The summed E-state index contributed by atoms with van der Waals surface area (Å²) in [5, 5.41) is 0. The first kappa shape index (κ1) is 14.7. The van der Waals surface area contributed by atoms with Gasteiger partial charge in [-0.3, -0.25) is 4.98 Å². The minimum Gasteiger partial charge on any atom is -0.353 e. The molecule has 1 atom stereocenters. The lowest BCUT2D eigenvalue weighted by atomic mass is 10.2. The first-order valence-corrected chi connectivity index (χ1v) is 7.75. The Balaban J connectivity index is 1.74. The Kier molecular flexibility index (Phi) is 4.18. The maximum atomic E-state index is 4.70. The van der Waals surface area contributed by atoms with Gasteiger partial charge in [0.1, 0.15) is 17.5 Å². The highest BCUT2D eigenvalue weighted by Gasteiger charge is 2.25. The van der Waals surface area contributed by atoms with Gasteiger partial charge in [0.15, 0.2) is 0 Å². The summed E-state index contributed by atoms with van der Waals surface area (Å²) < 4.78 is 0. The fourth-order valence-corrected chi connectivity index (χ4v) is 2.76. The van der Waals surface area contributed by atoms with Gasteiger partial charge < -0.3 is 9.80 Å². The van der Waals surface area contributed by atoms with E-state index in [-0.39, 0.29) is 0 Å². The molecule has 1 unspecified atom stereocenters. The highest BCUT2D eigenvalue weighted by atomic mass is 15.3. The van der Waals surface area contributed by atoms with Crippen LogP contribution < -0.4 is 9.80 Å². The van der Waals surface area contributed by atoms with E-state index in [4.69, 9.17) is 4.98 Å². The zero-order valence-electron chi connectivity index (χ0n) is 13.3. The van der Waals surface area contributed by atoms with E-state index in [9.17, 15) is 0 Å². The maximum Gasteiger partial charge on any atom is 0.147 e. The summed E-state index contributed by atoms with van der Waals surface area (Å²) >= 11 is 0. The molecule has 1 aliphatic heterocycles. The molecule has 6 heteroatoms. The van der Waals surface area contributed by atoms with E-state index in [0.29, 0.717) is 12.0 Å². The number of anilines is 2. The van der Waals surface area contributed by atoms with Crippen molar-refractivity contribution in [3.63, 3.8) is 0 Å². The molecular weight excluding hydrogens is 276 g/mol. The molecule has 6 nitrogen and oxygen atoms in total. The zero-order chi connectivity index (χ0) is 15.5. The molecular formula is C16H22N6. The molecule has 3 heterocycles. The summed E-state index contributed by atoms with van der Waals surface area (Å²) in [7, 11) is 0. The van der Waals surface area contributed by atoms with Crippen LogP contribution in [0.5, 0.6) is 0 Å². The minimum absolute atomic E-state index is 0.346. The van der Waals surface area contributed by atoms with Crippen LogP contribution >= 0.6 is 0 Å². The summed E-state index contributed by atoms with van der Waals surface area (Å²) in [4.78, 5) is 22.2. The molecule has 0 aromatic carbocycles. The fraction of sp³-hybridized carbons (Fsp3) is 0.500. The lowest BCUT2D eigenvalue weighted by molar-refractivity contribution is 0.540. The normalized spacial score (nSPS) is 18.8. The summed E-state index contributed by atoms with van der Waals surface area (Å²) in [6.45, 7) is 9.22. The Labute approximate surface area is 131 Å². The van der Waals surface area contributed by atoms with Crippen molar-refractivity contribution in [2.45, 2.75) is 32.7 Å². The van der Waals surface area contributed by atoms with E-state index in [1.807, 2.05) is 18.5 Å². The van der Waals surface area contributed by atoms with Crippen molar-refractivity contribution in [3.05, 3.63) is 36.7 Å². The molecule has 1 saturated heterocycles. The summed E-state index contributed by atoms with van der Waals surface area (Å²) in [6.07, 6.45) is 7.14. The van der Waals surface area contributed by atoms with Gasteiger partial charge >= 0.3 is 0 Å². The number of nitrogens with zero attached hydrogens (tertiary/aromatic N) is 6. The molecule has 2 aromatic rings. The zero-order valence-corrected chi connectivity index (χ0v) is 13.3. The van der Waals surface area contributed by atoms with Gasteiger partial charge in [-0.15, -0.1) is 0 Å². The summed E-state index contributed by atoms with van der Waals surface area (Å²) in [5.74, 6) is 3.21. The van der Waals surface area contributed by atoms with Crippen LogP contribution in [0.1, 0.15) is 32.5 Å². The van der Waals surface area contributed by atoms with Crippen LogP contribution in [0.3, 0.4) is 0 Å². The van der Waals surface area contributed by atoms with E-state index < -0.39 is 0 Å². The Morgan fingerprint density at radius 1 is 1.09 bits per heavy atom. The quantitative estimate of drug-likeness (QED) is 0.865. The lowest BCUT2D eigenvalue weighted by Crippen LogP contribution is -2.52. The second kappa shape index (κ2) is 6.25. The van der Waals surface area contributed by atoms with Gasteiger partial charge in [0, 0.05) is 50.2 Å². The molecule has 1 aliphatic rings. The van der Waals surface area contributed by atoms with Gasteiger partial charge in [-0.2, -0.15) is 0 Å². The SMILES string of the molecule is CC(C)c1nccc(N2CCN(c3cnccn3)C(C)C2)n1. The van der Waals surface area contributed by atoms with Gasteiger partial charge in [0.2, 0.25) is 0 Å². The van der Waals surface area contributed by atoms with E-state index in [1.165, 1.54) is 0 Å². The van der Waals surface area contributed by atoms with Crippen molar-refractivity contribution in [2.75, 3.05) is 29.4 Å². The molecule has 3 rings (SSSR count). The number of aromatic nitrogens is 4. The highest BCUT2D eigenvalue weighted by Crippen LogP contribution is 2.21. The molecule has 0 aliphatic carbocycles. The van der Waals surface area contributed by atoms with Crippen molar-refractivity contribution in [1.82, 2.24) is 19.9 Å². The molecule has 0 bridgehead atoms. The number of hydrogen-bond acceptors (Lipinski definition) is 6. The summed E-state index contributed by atoms with van der Waals surface area (Å²) in [5.41, 5.74) is 0. The molecule has 2 aromatic heterocycles. The van der Waals surface area contributed by atoms with Gasteiger partial charge in [-0.1, -0.05) is 13.8 Å². The molecule has 1 fully saturated rings. The predicted molar refractivity (Wildman–Crippen MR) is 87.2 cm³/mol. The van der Waals surface area contributed by atoms with Gasteiger partial charge in [-0.05, 0) is 13.0 Å². The molecule has 0 saturated carbocycles. The molecule has 0 N–H and O–H groups in total. The van der Waals surface area contributed by atoms with Crippen molar-refractivity contribution in [2.24, 2.45) is 0 Å². The van der Waals surface area contributed by atoms with E-state index in [0.717, 1.165) is 37.1 Å². The molecule has 0 amide bonds. The van der Waals surface area contributed by atoms with Crippen LogP contribution in [0, 0.1) is 0 Å².